The van der Waals surface area contributed by atoms with Gasteiger partial charge >= 0.3 is 0 Å². The van der Waals surface area contributed by atoms with Crippen LogP contribution in [-0.2, 0) is 19.6 Å². The van der Waals surface area contributed by atoms with E-state index in [1.54, 1.807) is 24.3 Å². The number of hydrogen-bond acceptors (Lipinski definition) is 6. The molecule has 2 N–H and O–H groups in total. The molecule has 1 saturated heterocycles. The Morgan fingerprint density at radius 1 is 1.12 bits per heavy atom. The van der Waals surface area contributed by atoms with Gasteiger partial charge in [0.25, 0.3) is 11.8 Å². The third-order valence-electron chi connectivity index (χ3n) is 5.18. The van der Waals surface area contributed by atoms with Crippen LogP contribution in [0, 0.1) is 0 Å². The van der Waals surface area contributed by atoms with Gasteiger partial charge in [0.05, 0.1) is 18.2 Å². The van der Waals surface area contributed by atoms with E-state index in [2.05, 4.69) is 10.6 Å². The van der Waals surface area contributed by atoms with Crippen LogP contribution in [0.15, 0.2) is 47.4 Å². The monoisotopic (exact) mass is 493 g/mol. The number of morpholine rings is 1. The number of carbonyl (C=O) groups is 2. The van der Waals surface area contributed by atoms with Crippen molar-refractivity contribution < 1.29 is 27.5 Å². The van der Waals surface area contributed by atoms with Crippen LogP contribution >= 0.6 is 11.6 Å². The summed E-state index contributed by atoms with van der Waals surface area (Å²) in [6, 6.07) is 11.1. The fourth-order valence-corrected chi connectivity index (χ4v) is 5.18. The highest BCUT2D eigenvalue weighted by atomic mass is 35.5. The van der Waals surface area contributed by atoms with Crippen molar-refractivity contribution >= 4 is 39.1 Å². The number of nitrogens with zero attached hydrogens (tertiary/aromatic N) is 1. The Kier molecular flexibility index (Phi) is 7.18. The minimum atomic E-state index is -3.82. The van der Waals surface area contributed by atoms with Crippen LogP contribution < -0.4 is 15.4 Å². The average molecular weight is 494 g/mol. The maximum atomic E-state index is 12.9. The number of sulfonamides is 1. The third kappa shape index (κ3) is 6.02. The highest BCUT2D eigenvalue weighted by Crippen LogP contribution is 2.28. The smallest absolute Gasteiger partial charge is 0.262 e. The molecular formula is C22H24ClN3O6S. The molecule has 0 bridgehead atoms. The van der Waals surface area contributed by atoms with Crippen LogP contribution in [-0.4, -0.2) is 63.5 Å². The molecule has 11 heteroatoms. The van der Waals surface area contributed by atoms with Gasteiger partial charge in [-0.05, 0) is 49.2 Å². The van der Waals surface area contributed by atoms with E-state index in [0.29, 0.717) is 24.5 Å². The van der Waals surface area contributed by atoms with E-state index >= 15 is 0 Å². The Balaban J connectivity index is 1.38. The predicted octanol–water partition coefficient (Wildman–Crippen LogP) is 2.27. The van der Waals surface area contributed by atoms with Gasteiger partial charge in [0.2, 0.25) is 10.0 Å². The van der Waals surface area contributed by atoms with E-state index in [4.69, 9.17) is 21.1 Å². The first-order valence-corrected chi connectivity index (χ1v) is 12.4. The number of amides is 2. The topological polar surface area (TPSA) is 114 Å². The first kappa shape index (κ1) is 23.5. The first-order chi connectivity index (χ1) is 15.8. The lowest BCUT2D eigenvalue weighted by molar-refractivity contribution is -0.118. The van der Waals surface area contributed by atoms with Gasteiger partial charge in [-0.1, -0.05) is 17.7 Å². The number of benzene rings is 2. The first-order valence-electron chi connectivity index (χ1n) is 10.5. The molecule has 2 fully saturated rings. The number of halogens is 1. The zero-order chi connectivity index (χ0) is 23.4. The Morgan fingerprint density at radius 2 is 1.88 bits per heavy atom. The van der Waals surface area contributed by atoms with E-state index in [0.717, 1.165) is 12.8 Å². The lowest BCUT2D eigenvalue weighted by atomic mass is 10.2. The third-order valence-corrected chi connectivity index (χ3v) is 7.56. The van der Waals surface area contributed by atoms with Crippen LogP contribution in [0.1, 0.15) is 23.2 Å². The molecule has 9 nitrogen and oxygen atoms in total. The molecule has 0 aromatic heterocycles. The van der Waals surface area contributed by atoms with E-state index in [1.165, 1.54) is 22.5 Å². The molecule has 2 aromatic rings. The Morgan fingerprint density at radius 3 is 2.61 bits per heavy atom. The second-order valence-electron chi connectivity index (χ2n) is 7.77. The number of rotatable bonds is 8. The van der Waals surface area contributed by atoms with Crippen molar-refractivity contribution in [2.75, 3.05) is 38.2 Å². The van der Waals surface area contributed by atoms with Crippen molar-refractivity contribution in [3.63, 3.8) is 0 Å². The zero-order valence-electron chi connectivity index (χ0n) is 17.8. The second kappa shape index (κ2) is 10.1. The molecule has 0 spiro atoms. The van der Waals surface area contributed by atoms with E-state index in [1.807, 2.05) is 0 Å². The van der Waals surface area contributed by atoms with Crippen LogP contribution in [0.5, 0.6) is 5.75 Å². The molecule has 2 aromatic carbocycles. The molecule has 1 heterocycles. The summed E-state index contributed by atoms with van der Waals surface area (Å²) in [4.78, 5) is 24.5. The Labute approximate surface area is 197 Å². The van der Waals surface area contributed by atoms with Crippen LogP contribution in [0.2, 0.25) is 5.02 Å². The zero-order valence-corrected chi connectivity index (χ0v) is 19.3. The van der Waals surface area contributed by atoms with Crippen molar-refractivity contribution in [1.82, 2.24) is 9.62 Å². The maximum absolute atomic E-state index is 12.9. The van der Waals surface area contributed by atoms with Gasteiger partial charge in [0.15, 0.2) is 6.61 Å². The van der Waals surface area contributed by atoms with E-state index < -0.39 is 15.9 Å². The second-order valence-corrected chi connectivity index (χ2v) is 10.1. The summed E-state index contributed by atoms with van der Waals surface area (Å²) >= 11 is 6.15. The number of nitrogens with one attached hydrogen (secondary N) is 2. The summed E-state index contributed by atoms with van der Waals surface area (Å²) in [6.07, 6.45) is 1.98. The van der Waals surface area contributed by atoms with Gasteiger partial charge in [0.1, 0.15) is 10.6 Å². The molecule has 176 valence electrons. The van der Waals surface area contributed by atoms with Crippen molar-refractivity contribution in [3.8, 4) is 5.75 Å². The van der Waals surface area contributed by atoms with Gasteiger partial charge in [-0.2, -0.15) is 4.31 Å². The molecule has 2 amide bonds. The largest absolute Gasteiger partial charge is 0.484 e. The Hall–Kier alpha value is -2.66. The van der Waals surface area contributed by atoms with Crippen molar-refractivity contribution in [3.05, 3.63) is 53.1 Å². The Bertz CT molecular complexity index is 1150. The number of ether oxygens (including phenoxy) is 2. The van der Waals surface area contributed by atoms with Crippen LogP contribution in [0.4, 0.5) is 5.69 Å². The van der Waals surface area contributed by atoms with Crippen LogP contribution in [0.25, 0.3) is 0 Å². The summed E-state index contributed by atoms with van der Waals surface area (Å²) in [5.41, 5.74) is 0.730. The lowest BCUT2D eigenvalue weighted by Gasteiger charge is -2.26. The molecule has 0 atom stereocenters. The number of anilines is 1. The molecule has 1 saturated carbocycles. The molecule has 0 unspecified atom stereocenters. The summed E-state index contributed by atoms with van der Waals surface area (Å²) in [5.74, 6) is -0.289. The number of hydrogen-bond donors (Lipinski definition) is 2. The van der Waals surface area contributed by atoms with Crippen molar-refractivity contribution in [2.45, 2.75) is 23.8 Å². The minimum absolute atomic E-state index is 0.0667. The fraction of sp³-hybridized carbons (Fsp3) is 0.364. The highest BCUT2D eigenvalue weighted by Gasteiger charge is 2.29. The molecule has 4 rings (SSSR count). The van der Waals surface area contributed by atoms with Crippen LogP contribution in [0.3, 0.4) is 0 Å². The van der Waals surface area contributed by atoms with Gasteiger partial charge in [-0.3, -0.25) is 9.59 Å². The van der Waals surface area contributed by atoms with Gasteiger partial charge in [0, 0.05) is 30.4 Å². The molecule has 33 heavy (non-hydrogen) atoms. The summed E-state index contributed by atoms with van der Waals surface area (Å²) in [7, 11) is -3.82. The SMILES string of the molecule is O=C(COc1cccc(C(=O)NC2CC2)c1)Nc1ccc(Cl)c(S(=O)(=O)N2CCOCC2)c1. The lowest BCUT2D eigenvalue weighted by Crippen LogP contribution is -2.40. The van der Waals surface area contributed by atoms with E-state index in [9.17, 15) is 18.0 Å². The fourth-order valence-electron chi connectivity index (χ4n) is 3.27. The quantitative estimate of drug-likeness (QED) is 0.583. The maximum Gasteiger partial charge on any atom is 0.262 e. The standard InChI is InChI=1S/C22H24ClN3O6S/c23-19-7-6-17(13-20(19)33(29,30)26-8-10-31-11-9-26)24-21(27)14-32-18-3-1-2-15(12-18)22(28)25-16-4-5-16/h1-3,6-7,12-13,16H,4-5,8-11,14H2,(H,24,27)(H,25,28). The molecule has 1 aliphatic carbocycles. The highest BCUT2D eigenvalue weighted by molar-refractivity contribution is 7.89. The predicted molar refractivity (Wildman–Crippen MR) is 122 cm³/mol. The molecular weight excluding hydrogens is 470 g/mol. The van der Waals surface area contributed by atoms with Crippen molar-refractivity contribution in [2.24, 2.45) is 0 Å². The molecule has 1 aliphatic heterocycles. The van der Waals surface area contributed by atoms with Gasteiger partial charge in [-0.25, -0.2) is 8.42 Å². The summed E-state index contributed by atoms with van der Waals surface area (Å²) < 4.78 is 37.9. The average Bonchev–Trinajstić information content (AvgIpc) is 3.63. The van der Waals surface area contributed by atoms with Crippen molar-refractivity contribution in [1.29, 1.82) is 0 Å². The van der Waals surface area contributed by atoms with Gasteiger partial charge in [-0.15, -0.1) is 0 Å². The normalized spacial score (nSPS) is 16.8. The minimum Gasteiger partial charge on any atom is -0.484 e. The molecule has 0 radical (unpaired) electrons. The summed E-state index contributed by atoms with van der Waals surface area (Å²) in [6.45, 7) is 0.783. The summed E-state index contributed by atoms with van der Waals surface area (Å²) in [5, 5.41) is 5.58. The van der Waals surface area contributed by atoms with Gasteiger partial charge < -0.3 is 20.1 Å². The van der Waals surface area contributed by atoms with E-state index in [-0.39, 0.29) is 47.3 Å². The number of carbonyl (C=O) groups excluding carboxylic acids is 2. The molecule has 2 aliphatic rings.